The molecule has 4 nitrogen and oxygen atoms in total. The fraction of sp³-hybridized carbons (Fsp3) is 0.533. The predicted molar refractivity (Wildman–Crippen MR) is 83.6 cm³/mol. The van der Waals surface area contributed by atoms with Crippen LogP contribution in [0.5, 0.6) is 0 Å². The number of anilines is 1. The number of aliphatic hydroxyl groups excluding tert-OH is 1. The second-order valence-electron chi connectivity index (χ2n) is 5.44. The first-order valence-corrected chi connectivity index (χ1v) is 7.80. The normalized spacial score (nSPS) is 23.6. The van der Waals surface area contributed by atoms with E-state index in [-0.39, 0.29) is 12.0 Å². The van der Waals surface area contributed by atoms with E-state index in [0.29, 0.717) is 25.4 Å². The van der Waals surface area contributed by atoms with Crippen LogP contribution in [0.1, 0.15) is 19.8 Å². The highest BCUT2D eigenvalue weighted by atomic mass is 79.9. The van der Waals surface area contributed by atoms with Crippen molar-refractivity contribution in [3.05, 3.63) is 28.7 Å². The van der Waals surface area contributed by atoms with Crippen LogP contribution in [0.2, 0.25) is 0 Å². The SMILES string of the molecule is CC1CCN(CCC(=O)Nc2cccc(Br)c2)CC1O. The first kappa shape index (κ1) is 15.5. The van der Waals surface area contributed by atoms with Crippen molar-refractivity contribution in [3.8, 4) is 0 Å². The minimum atomic E-state index is -0.267. The number of halogens is 1. The van der Waals surface area contributed by atoms with Gasteiger partial charge >= 0.3 is 0 Å². The molecule has 2 unspecified atom stereocenters. The van der Waals surface area contributed by atoms with Gasteiger partial charge < -0.3 is 15.3 Å². The Morgan fingerprint density at radius 1 is 1.55 bits per heavy atom. The van der Waals surface area contributed by atoms with Crippen LogP contribution in [0.4, 0.5) is 5.69 Å². The van der Waals surface area contributed by atoms with Gasteiger partial charge in [0, 0.05) is 29.7 Å². The molecule has 1 aromatic carbocycles. The first-order valence-electron chi connectivity index (χ1n) is 7.00. The van der Waals surface area contributed by atoms with Crippen LogP contribution < -0.4 is 5.32 Å². The van der Waals surface area contributed by atoms with E-state index in [1.54, 1.807) is 0 Å². The molecular formula is C15H21BrN2O2. The molecule has 1 amide bonds. The fourth-order valence-electron chi connectivity index (χ4n) is 2.37. The van der Waals surface area contributed by atoms with E-state index < -0.39 is 0 Å². The number of hydrogen-bond donors (Lipinski definition) is 2. The summed E-state index contributed by atoms with van der Waals surface area (Å²) in [7, 11) is 0. The van der Waals surface area contributed by atoms with Crippen LogP contribution in [0.3, 0.4) is 0 Å². The van der Waals surface area contributed by atoms with Gasteiger partial charge in [0.2, 0.25) is 5.91 Å². The molecule has 0 saturated carbocycles. The number of rotatable bonds is 4. The van der Waals surface area contributed by atoms with E-state index in [1.165, 1.54) is 0 Å². The Bertz CT molecular complexity index is 467. The van der Waals surface area contributed by atoms with Gasteiger partial charge in [-0.3, -0.25) is 4.79 Å². The number of carbonyl (C=O) groups excluding carboxylic acids is 1. The Morgan fingerprint density at radius 2 is 2.35 bits per heavy atom. The first-order chi connectivity index (χ1) is 9.54. The minimum absolute atomic E-state index is 0.0104. The van der Waals surface area contributed by atoms with Crippen LogP contribution in [0, 0.1) is 5.92 Å². The van der Waals surface area contributed by atoms with Crippen LogP contribution in [0.25, 0.3) is 0 Å². The summed E-state index contributed by atoms with van der Waals surface area (Å²) in [6.07, 6.45) is 1.18. The van der Waals surface area contributed by atoms with Crippen molar-refractivity contribution in [1.29, 1.82) is 0 Å². The summed E-state index contributed by atoms with van der Waals surface area (Å²) in [5.41, 5.74) is 0.802. The topological polar surface area (TPSA) is 52.6 Å². The standard InChI is InChI=1S/C15H21BrN2O2/c1-11-5-7-18(10-14(11)19)8-6-15(20)17-13-4-2-3-12(16)9-13/h2-4,9,11,14,19H,5-8,10H2,1H3,(H,17,20). The molecule has 0 spiro atoms. The Balaban J connectivity index is 1.75. The third-order valence-electron chi connectivity index (χ3n) is 3.77. The van der Waals surface area contributed by atoms with Crippen molar-refractivity contribution < 1.29 is 9.90 Å². The van der Waals surface area contributed by atoms with Gasteiger partial charge in [0.15, 0.2) is 0 Å². The van der Waals surface area contributed by atoms with Crippen LogP contribution in [-0.4, -0.2) is 41.7 Å². The molecule has 5 heteroatoms. The van der Waals surface area contributed by atoms with Gasteiger partial charge in [-0.15, -0.1) is 0 Å². The lowest BCUT2D eigenvalue weighted by Crippen LogP contribution is -2.43. The number of piperidine rings is 1. The predicted octanol–water partition coefficient (Wildman–Crippen LogP) is 2.48. The summed E-state index contributed by atoms with van der Waals surface area (Å²) < 4.78 is 0.948. The zero-order chi connectivity index (χ0) is 14.5. The monoisotopic (exact) mass is 340 g/mol. The number of carbonyl (C=O) groups is 1. The molecule has 0 bridgehead atoms. The summed E-state index contributed by atoms with van der Waals surface area (Å²) in [6.45, 7) is 4.40. The van der Waals surface area contributed by atoms with Gasteiger partial charge in [0.25, 0.3) is 0 Å². The zero-order valence-electron chi connectivity index (χ0n) is 11.7. The minimum Gasteiger partial charge on any atom is -0.392 e. The number of benzene rings is 1. The van der Waals surface area contributed by atoms with E-state index in [1.807, 2.05) is 24.3 Å². The average molecular weight is 341 g/mol. The molecule has 0 aliphatic carbocycles. The molecule has 1 aliphatic heterocycles. The second kappa shape index (κ2) is 7.20. The molecule has 1 fully saturated rings. The van der Waals surface area contributed by atoms with Crippen molar-refractivity contribution in [2.45, 2.75) is 25.9 Å². The summed E-state index contributed by atoms with van der Waals surface area (Å²) in [6, 6.07) is 7.56. The molecule has 1 aliphatic rings. The third-order valence-corrected chi connectivity index (χ3v) is 4.26. The van der Waals surface area contributed by atoms with E-state index in [4.69, 9.17) is 0 Å². The lowest BCUT2D eigenvalue weighted by molar-refractivity contribution is -0.116. The molecule has 1 aromatic rings. The number of amides is 1. The molecule has 110 valence electrons. The molecule has 0 radical (unpaired) electrons. The zero-order valence-corrected chi connectivity index (χ0v) is 13.3. The van der Waals surface area contributed by atoms with Crippen molar-refractivity contribution in [2.24, 2.45) is 5.92 Å². The van der Waals surface area contributed by atoms with Crippen molar-refractivity contribution in [3.63, 3.8) is 0 Å². The average Bonchev–Trinajstić information content (AvgIpc) is 2.40. The highest BCUT2D eigenvalue weighted by molar-refractivity contribution is 9.10. The lowest BCUT2D eigenvalue weighted by atomic mass is 9.96. The van der Waals surface area contributed by atoms with Crippen molar-refractivity contribution in [1.82, 2.24) is 4.90 Å². The fourth-order valence-corrected chi connectivity index (χ4v) is 2.77. The Kier molecular flexibility index (Phi) is 5.57. The van der Waals surface area contributed by atoms with Crippen molar-refractivity contribution in [2.75, 3.05) is 25.0 Å². The number of hydrogen-bond acceptors (Lipinski definition) is 3. The lowest BCUT2D eigenvalue weighted by Gasteiger charge is -2.34. The molecule has 2 rings (SSSR count). The molecule has 1 heterocycles. The molecular weight excluding hydrogens is 320 g/mol. The highest BCUT2D eigenvalue weighted by Crippen LogP contribution is 2.18. The molecule has 0 aromatic heterocycles. The largest absolute Gasteiger partial charge is 0.392 e. The highest BCUT2D eigenvalue weighted by Gasteiger charge is 2.24. The summed E-state index contributed by atoms with van der Waals surface area (Å²) in [5, 5.41) is 12.7. The van der Waals surface area contributed by atoms with E-state index in [0.717, 1.165) is 23.1 Å². The number of nitrogens with zero attached hydrogens (tertiary/aromatic N) is 1. The number of β-amino-alcohol motifs (C(OH)–C–C–N with tert-alkyl or cyclic N) is 1. The quantitative estimate of drug-likeness (QED) is 0.885. The van der Waals surface area contributed by atoms with Crippen molar-refractivity contribution >= 4 is 27.5 Å². The van der Waals surface area contributed by atoms with Gasteiger partial charge in [0.05, 0.1) is 6.10 Å². The number of nitrogens with one attached hydrogen (secondary N) is 1. The smallest absolute Gasteiger partial charge is 0.225 e. The van der Waals surface area contributed by atoms with Crippen LogP contribution in [-0.2, 0) is 4.79 Å². The molecule has 2 N–H and O–H groups in total. The second-order valence-corrected chi connectivity index (χ2v) is 6.36. The molecule has 20 heavy (non-hydrogen) atoms. The summed E-state index contributed by atoms with van der Waals surface area (Å²) >= 11 is 3.38. The Labute approximate surface area is 128 Å². The Morgan fingerprint density at radius 3 is 3.05 bits per heavy atom. The maximum Gasteiger partial charge on any atom is 0.225 e. The summed E-state index contributed by atoms with van der Waals surface area (Å²) in [5.74, 6) is 0.373. The third kappa shape index (κ3) is 4.58. The molecule has 2 atom stereocenters. The summed E-state index contributed by atoms with van der Waals surface area (Å²) in [4.78, 5) is 14.1. The maximum absolute atomic E-state index is 11.9. The number of likely N-dealkylation sites (tertiary alicyclic amines) is 1. The number of aliphatic hydroxyl groups is 1. The Hall–Kier alpha value is -0.910. The van der Waals surface area contributed by atoms with E-state index >= 15 is 0 Å². The van der Waals surface area contributed by atoms with Gasteiger partial charge in [0.1, 0.15) is 0 Å². The van der Waals surface area contributed by atoms with Gasteiger partial charge in [-0.05, 0) is 37.1 Å². The maximum atomic E-state index is 11.9. The van der Waals surface area contributed by atoms with Gasteiger partial charge in [-0.2, -0.15) is 0 Å². The van der Waals surface area contributed by atoms with E-state index in [2.05, 4.69) is 33.1 Å². The van der Waals surface area contributed by atoms with E-state index in [9.17, 15) is 9.90 Å². The van der Waals surface area contributed by atoms with Gasteiger partial charge in [-0.25, -0.2) is 0 Å². The van der Waals surface area contributed by atoms with Gasteiger partial charge in [-0.1, -0.05) is 28.9 Å². The molecule has 1 saturated heterocycles. The van der Waals surface area contributed by atoms with Crippen LogP contribution >= 0.6 is 15.9 Å². The van der Waals surface area contributed by atoms with Crippen LogP contribution in [0.15, 0.2) is 28.7 Å².